The van der Waals surface area contributed by atoms with E-state index in [4.69, 9.17) is 4.74 Å². The highest BCUT2D eigenvalue weighted by Crippen LogP contribution is 2.55. The Hall–Kier alpha value is -1.16. The van der Waals surface area contributed by atoms with E-state index in [0.29, 0.717) is 11.3 Å². The van der Waals surface area contributed by atoms with Gasteiger partial charge in [-0.25, -0.2) is 0 Å². The Morgan fingerprint density at radius 1 is 1.17 bits per heavy atom. The number of hydrogen-bond donors (Lipinski definition) is 1. The first kappa shape index (κ1) is 15.4. The third kappa shape index (κ3) is 2.75. The molecule has 4 aliphatic carbocycles. The molecule has 0 aromatic heterocycles. The number of amides is 1. The van der Waals surface area contributed by atoms with Crippen LogP contribution in [0.5, 0.6) is 5.75 Å². The van der Waals surface area contributed by atoms with Crippen molar-refractivity contribution in [2.75, 3.05) is 13.4 Å². The van der Waals surface area contributed by atoms with Gasteiger partial charge in [0, 0.05) is 10.4 Å². The van der Waals surface area contributed by atoms with Crippen molar-refractivity contribution in [1.29, 1.82) is 0 Å². The van der Waals surface area contributed by atoms with Gasteiger partial charge >= 0.3 is 0 Å². The lowest BCUT2D eigenvalue weighted by atomic mass is 9.53. The Morgan fingerprint density at radius 3 is 2.30 bits per heavy atom. The molecule has 4 fully saturated rings. The van der Waals surface area contributed by atoms with Crippen molar-refractivity contribution in [3.8, 4) is 5.75 Å². The van der Waals surface area contributed by atoms with E-state index >= 15 is 0 Å². The minimum absolute atomic E-state index is 0.0384. The molecule has 0 heterocycles. The molecule has 5 rings (SSSR count). The second kappa shape index (κ2) is 5.73. The summed E-state index contributed by atoms with van der Waals surface area (Å²) in [7, 11) is 1.64. The van der Waals surface area contributed by atoms with Crippen LogP contribution in [-0.4, -0.2) is 24.8 Å². The van der Waals surface area contributed by atoms with Crippen molar-refractivity contribution in [1.82, 2.24) is 5.32 Å². The lowest BCUT2D eigenvalue weighted by Gasteiger charge is -2.56. The van der Waals surface area contributed by atoms with Crippen LogP contribution in [0.1, 0.15) is 48.9 Å². The Bertz CT molecular complexity index is 593. The summed E-state index contributed by atoms with van der Waals surface area (Å²) in [5, 5.41) is 3.43. The maximum Gasteiger partial charge on any atom is 0.255 e. The molecule has 1 amide bonds. The first-order valence-electron chi connectivity index (χ1n) is 8.65. The summed E-state index contributed by atoms with van der Waals surface area (Å²) < 4.78 is 5.46. The van der Waals surface area contributed by atoms with E-state index in [9.17, 15) is 4.79 Å². The molecule has 0 unspecified atom stereocenters. The number of hydrogen-bond acceptors (Lipinski definition) is 3. The molecule has 4 aliphatic rings. The van der Waals surface area contributed by atoms with Crippen LogP contribution in [-0.2, 0) is 0 Å². The van der Waals surface area contributed by atoms with Gasteiger partial charge in [0.25, 0.3) is 5.91 Å². The number of carbonyl (C=O) groups excluding carboxylic acids is 1. The number of carbonyl (C=O) groups is 1. The van der Waals surface area contributed by atoms with Gasteiger partial charge in [-0.1, -0.05) is 0 Å². The Morgan fingerprint density at radius 2 is 1.78 bits per heavy atom. The first-order valence-corrected chi connectivity index (χ1v) is 9.88. The minimum atomic E-state index is 0.0384. The van der Waals surface area contributed by atoms with Crippen LogP contribution in [0, 0.1) is 17.8 Å². The summed E-state index contributed by atoms with van der Waals surface area (Å²) in [6.45, 7) is 0. The molecule has 1 aromatic rings. The molecular formula is C19H25NO2S. The summed E-state index contributed by atoms with van der Waals surface area (Å²) in [4.78, 5) is 14.0. The van der Waals surface area contributed by atoms with Gasteiger partial charge in [0.05, 0.1) is 12.7 Å². The molecule has 0 radical (unpaired) electrons. The number of nitrogens with one attached hydrogen (secondary N) is 1. The molecule has 0 aliphatic heterocycles. The van der Waals surface area contributed by atoms with Gasteiger partial charge in [-0.05, 0) is 80.7 Å². The molecule has 23 heavy (non-hydrogen) atoms. The van der Waals surface area contributed by atoms with Crippen LogP contribution in [0.15, 0.2) is 23.1 Å². The average Bonchev–Trinajstić information content (AvgIpc) is 2.52. The Labute approximate surface area is 142 Å². The second-order valence-corrected chi connectivity index (χ2v) is 8.60. The zero-order valence-corrected chi connectivity index (χ0v) is 14.7. The highest BCUT2D eigenvalue weighted by molar-refractivity contribution is 7.98. The van der Waals surface area contributed by atoms with Crippen molar-refractivity contribution < 1.29 is 9.53 Å². The van der Waals surface area contributed by atoms with Gasteiger partial charge in [0.15, 0.2) is 0 Å². The summed E-state index contributed by atoms with van der Waals surface area (Å²) in [5.74, 6) is 3.22. The topological polar surface area (TPSA) is 38.3 Å². The molecule has 0 atom stereocenters. The van der Waals surface area contributed by atoms with Crippen LogP contribution in [0.3, 0.4) is 0 Å². The third-order valence-electron chi connectivity index (χ3n) is 6.07. The summed E-state index contributed by atoms with van der Waals surface area (Å²) in [6.07, 6.45) is 9.73. The normalized spacial score (nSPS) is 34.4. The lowest BCUT2D eigenvalue weighted by molar-refractivity contribution is -0.0167. The lowest BCUT2D eigenvalue weighted by Crippen LogP contribution is -2.59. The Kier molecular flexibility index (Phi) is 3.83. The number of benzene rings is 1. The van der Waals surface area contributed by atoms with Gasteiger partial charge in [0.1, 0.15) is 5.75 Å². The molecule has 1 aromatic carbocycles. The molecule has 4 saturated carbocycles. The Balaban J connectivity index is 1.56. The maximum atomic E-state index is 12.9. The molecule has 124 valence electrons. The van der Waals surface area contributed by atoms with E-state index in [0.717, 1.165) is 22.6 Å². The largest absolute Gasteiger partial charge is 0.496 e. The zero-order chi connectivity index (χ0) is 16.0. The highest BCUT2D eigenvalue weighted by atomic mass is 32.2. The van der Waals surface area contributed by atoms with Gasteiger partial charge < -0.3 is 10.1 Å². The van der Waals surface area contributed by atoms with E-state index in [1.165, 1.54) is 38.5 Å². The molecule has 1 N–H and O–H groups in total. The van der Waals surface area contributed by atoms with Crippen molar-refractivity contribution in [2.45, 2.75) is 49.0 Å². The van der Waals surface area contributed by atoms with Gasteiger partial charge in [-0.2, -0.15) is 0 Å². The molecule has 3 nitrogen and oxygen atoms in total. The van der Waals surface area contributed by atoms with E-state index in [-0.39, 0.29) is 11.4 Å². The molecular weight excluding hydrogens is 306 g/mol. The minimum Gasteiger partial charge on any atom is -0.496 e. The number of ether oxygens (including phenoxy) is 1. The molecule has 0 spiro atoms. The first-order chi connectivity index (χ1) is 11.1. The van der Waals surface area contributed by atoms with Gasteiger partial charge in [-0.15, -0.1) is 11.8 Å². The van der Waals surface area contributed by atoms with Crippen molar-refractivity contribution >= 4 is 17.7 Å². The van der Waals surface area contributed by atoms with Crippen LogP contribution in [0.2, 0.25) is 0 Å². The predicted molar refractivity (Wildman–Crippen MR) is 93.1 cm³/mol. The highest BCUT2D eigenvalue weighted by Gasteiger charge is 2.51. The monoisotopic (exact) mass is 331 g/mol. The summed E-state index contributed by atoms with van der Waals surface area (Å²) in [6, 6.07) is 5.86. The summed E-state index contributed by atoms with van der Waals surface area (Å²) in [5.41, 5.74) is 0.718. The van der Waals surface area contributed by atoms with E-state index in [2.05, 4.69) is 5.32 Å². The maximum absolute atomic E-state index is 12.9. The third-order valence-corrected chi connectivity index (χ3v) is 6.80. The fourth-order valence-corrected chi connectivity index (χ4v) is 5.99. The quantitative estimate of drug-likeness (QED) is 0.844. The second-order valence-electron chi connectivity index (χ2n) is 7.72. The number of methoxy groups -OCH3 is 1. The van der Waals surface area contributed by atoms with Crippen molar-refractivity contribution in [2.24, 2.45) is 17.8 Å². The van der Waals surface area contributed by atoms with Crippen molar-refractivity contribution in [3.63, 3.8) is 0 Å². The molecule has 0 saturated heterocycles. The van der Waals surface area contributed by atoms with Crippen molar-refractivity contribution in [3.05, 3.63) is 23.8 Å². The summed E-state index contributed by atoms with van der Waals surface area (Å²) >= 11 is 1.66. The van der Waals surface area contributed by atoms with E-state index < -0.39 is 0 Å². The van der Waals surface area contributed by atoms with Gasteiger partial charge in [-0.3, -0.25) is 4.79 Å². The standard InChI is InChI=1S/C19H25NO2S/c1-22-17-8-15(23-2)3-4-16(17)18(21)20-19-9-12-5-13(10-19)7-14(6-12)11-19/h3-4,8,12-14H,5-7,9-11H2,1-2H3,(H,20,21). The van der Waals surface area contributed by atoms with Crippen LogP contribution in [0.25, 0.3) is 0 Å². The zero-order valence-electron chi connectivity index (χ0n) is 13.9. The average molecular weight is 331 g/mol. The molecule has 4 bridgehead atoms. The predicted octanol–water partition coefficient (Wildman–Crippen LogP) is 4.12. The fraction of sp³-hybridized carbons (Fsp3) is 0.632. The molecule has 4 heteroatoms. The smallest absolute Gasteiger partial charge is 0.255 e. The van der Waals surface area contributed by atoms with Crippen LogP contribution < -0.4 is 10.1 Å². The van der Waals surface area contributed by atoms with Crippen LogP contribution >= 0.6 is 11.8 Å². The van der Waals surface area contributed by atoms with E-state index in [1.807, 2.05) is 24.5 Å². The van der Waals surface area contributed by atoms with Gasteiger partial charge in [0.2, 0.25) is 0 Å². The van der Waals surface area contributed by atoms with E-state index in [1.54, 1.807) is 18.9 Å². The SMILES string of the molecule is COc1cc(SC)ccc1C(=O)NC12CC3CC(CC(C3)C1)C2. The number of thioether (sulfide) groups is 1. The number of rotatable bonds is 4. The van der Waals surface area contributed by atoms with Crippen LogP contribution in [0.4, 0.5) is 0 Å². The fourth-order valence-electron chi connectivity index (χ4n) is 5.56.